The number of thiazole rings is 1. The summed E-state index contributed by atoms with van der Waals surface area (Å²) in [6.45, 7) is 2.19. The van der Waals surface area contributed by atoms with Crippen molar-refractivity contribution in [2.24, 2.45) is 11.3 Å². The van der Waals surface area contributed by atoms with Crippen LogP contribution in [0.3, 0.4) is 0 Å². The van der Waals surface area contributed by atoms with Crippen molar-refractivity contribution in [3.05, 3.63) is 16.6 Å². The molecule has 2 heterocycles. The van der Waals surface area contributed by atoms with Crippen LogP contribution in [0.4, 0.5) is 0 Å². The molecular formula is C16H23N3O3S. The molecule has 1 unspecified atom stereocenters. The van der Waals surface area contributed by atoms with Crippen LogP contribution in [0.2, 0.25) is 0 Å². The van der Waals surface area contributed by atoms with Gasteiger partial charge in [0.25, 0.3) is 5.91 Å². The molecular weight excluding hydrogens is 314 g/mol. The molecule has 1 saturated heterocycles. The van der Waals surface area contributed by atoms with Crippen LogP contribution in [0.15, 0.2) is 10.9 Å². The highest BCUT2D eigenvalue weighted by molar-refractivity contribution is 7.07. The quantitative estimate of drug-likeness (QED) is 0.827. The van der Waals surface area contributed by atoms with Crippen LogP contribution in [0, 0.1) is 11.3 Å². The van der Waals surface area contributed by atoms with Crippen LogP contribution in [-0.4, -0.2) is 55.0 Å². The first kappa shape index (κ1) is 16.4. The monoisotopic (exact) mass is 337 g/mol. The first-order valence-corrected chi connectivity index (χ1v) is 9.05. The number of hydrogen-bond acceptors (Lipinski definition) is 5. The molecule has 1 saturated carbocycles. The topological polar surface area (TPSA) is 71.5 Å². The number of nitrogens with zero attached hydrogens (tertiary/aromatic N) is 2. The molecule has 3 rings (SSSR count). The van der Waals surface area contributed by atoms with Crippen LogP contribution in [-0.2, 0) is 9.53 Å². The van der Waals surface area contributed by atoms with Crippen molar-refractivity contribution >= 4 is 23.2 Å². The predicted octanol–water partition coefficient (Wildman–Crippen LogP) is 1.54. The molecule has 0 bridgehead atoms. The van der Waals surface area contributed by atoms with Gasteiger partial charge in [0.2, 0.25) is 5.91 Å². The fraction of sp³-hybridized carbons (Fsp3) is 0.688. The van der Waals surface area contributed by atoms with E-state index < -0.39 is 0 Å². The van der Waals surface area contributed by atoms with Gasteiger partial charge >= 0.3 is 0 Å². The molecule has 0 radical (unpaired) electrons. The lowest BCUT2D eigenvalue weighted by Crippen LogP contribution is -2.41. The van der Waals surface area contributed by atoms with Gasteiger partial charge in [-0.05, 0) is 12.8 Å². The lowest BCUT2D eigenvalue weighted by atomic mass is 9.76. The average Bonchev–Trinajstić information content (AvgIpc) is 3.28. The number of amides is 2. The van der Waals surface area contributed by atoms with Crippen LogP contribution in [0.1, 0.15) is 36.2 Å². The first-order chi connectivity index (χ1) is 11.2. The van der Waals surface area contributed by atoms with Gasteiger partial charge < -0.3 is 15.0 Å². The summed E-state index contributed by atoms with van der Waals surface area (Å²) in [4.78, 5) is 31.1. The Morgan fingerprint density at radius 3 is 2.91 bits per heavy atom. The smallest absolute Gasteiger partial charge is 0.273 e. The van der Waals surface area contributed by atoms with Crippen molar-refractivity contribution < 1.29 is 14.3 Å². The Bertz CT molecular complexity index is 555. The van der Waals surface area contributed by atoms with Crippen molar-refractivity contribution in [2.75, 3.05) is 33.4 Å². The maximum atomic E-state index is 12.6. The molecule has 1 aromatic rings. The number of carbonyl (C=O) groups is 2. The highest BCUT2D eigenvalue weighted by Crippen LogP contribution is 2.49. The summed E-state index contributed by atoms with van der Waals surface area (Å²) in [5, 5.41) is 4.73. The molecule has 1 aromatic heterocycles. The Labute approximate surface area is 140 Å². The molecule has 1 aliphatic carbocycles. The molecule has 1 spiro atoms. The molecule has 2 amide bonds. The van der Waals surface area contributed by atoms with Gasteiger partial charge in [-0.15, -0.1) is 11.3 Å². The first-order valence-electron chi connectivity index (χ1n) is 8.10. The van der Waals surface area contributed by atoms with Gasteiger partial charge in [0, 0.05) is 37.5 Å². The molecule has 126 valence electrons. The number of aromatic nitrogens is 1. The van der Waals surface area contributed by atoms with Gasteiger partial charge in [0.05, 0.1) is 18.0 Å². The van der Waals surface area contributed by atoms with E-state index in [1.165, 1.54) is 11.3 Å². The second-order valence-electron chi connectivity index (χ2n) is 6.47. The number of methoxy groups -OCH3 is 1. The van der Waals surface area contributed by atoms with Gasteiger partial charge in [-0.1, -0.05) is 12.8 Å². The van der Waals surface area contributed by atoms with Crippen LogP contribution >= 0.6 is 11.3 Å². The number of nitrogens with one attached hydrogen (secondary N) is 1. The molecule has 1 atom stereocenters. The Kier molecular flexibility index (Phi) is 4.96. The van der Waals surface area contributed by atoms with E-state index in [0.29, 0.717) is 31.9 Å². The third-order valence-corrected chi connectivity index (χ3v) is 5.69. The van der Waals surface area contributed by atoms with Crippen molar-refractivity contribution in [2.45, 2.75) is 25.7 Å². The molecule has 1 N–H and O–H groups in total. The number of rotatable bonds is 5. The molecule has 6 nitrogen and oxygen atoms in total. The normalized spacial score (nSPS) is 22.7. The lowest BCUT2D eigenvalue weighted by molar-refractivity contribution is -0.127. The summed E-state index contributed by atoms with van der Waals surface area (Å²) in [5.74, 6) is -0.119. The van der Waals surface area contributed by atoms with Crippen LogP contribution in [0.25, 0.3) is 0 Å². The minimum atomic E-state index is -0.121. The maximum Gasteiger partial charge on any atom is 0.273 e. The lowest BCUT2D eigenvalue weighted by Gasteiger charge is -2.28. The van der Waals surface area contributed by atoms with Crippen molar-refractivity contribution in [3.8, 4) is 0 Å². The summed E-state index contributed by atoms with van der Waals surface area (Å²) in [6, 6.07) is 0. The number of carbonyl (C=O) groups excluding carboxylic acids is 2. The van der Waals surface area contributed by atoms with E-state index in [0.717, 1.165) is 25.7 Å². The molecule has 2 aliphatic rings. The summed E-state index contributed by atoms with van der Waals surface area (Å²) >= 11 is 1.42. The zero-order valence-corrected chi connectivity index (χ0v) is 14.2. The van der Waals surface area contributed by atoms with E-state index >= 15 is 0 Å². The Balaban J connectivity index is 1.72. The van der Waals surface area contributed by atoms with E-state index in [2.05, 4.69) is 10.3 Å². The summed E-state index contributed by atoms with van der Waals surface area (Å²) in [5.41, 5.74) is 2.11. The van der Waals surface area contributed by atoms with Gasteiger partial charge in [0.15, 0.2) is 0 Å². The number of hydrogen-bond donors (Lipinski definition) is 1. The van der Waals surface area contributed by atoms with Gasteiger partial charge in [-0.2, -0.15) is 0 Å². The minimum Gasteiger partial charge on any atom is -0.383 e. The second kappa shape index (κ2) is 6.97. The van der Waals surface area contributed by atoms with E-state index in [9.17, 15) is 9.59 Å². The molecule has 0 aromatic carbocycles. The number of ether oxygens (including phenoxy) is 1. The molecule has 2 fully saturated rings. The maximum absolute atomic E-state index is 12.6. The number of likely N-dealkylation sites (tertiary alicyclic amines) is 1. The Hall–Kier alpha value is -1.47. The highest BCUT2D eigenvalue weighted by atomic mass is 32.1. The van der Waals surface area contributed by atoms with Gasteiger partial charge in [-0.25, -0.2) is 4.98 Å². The molecule has 7 heteroatoms. The minimum absolute atomic E-state index is 0.0512. The van der Waals surface area contributed by atoms with Crippen LogP contribution < -0.4 is 5.32 Å². The van der Waals surface area contributed by atoms with Crippen LogP contribution in [0.5, 0.6) is 0 Å². The van der Waals surface area contributed by atoms with E-state index in [1.54, 1.807) is 18.0 Å². The summed E-state index contributed by atoms with van der Waals surface area (Å²) in [7, 11) is 1.62. The predicted molar refractivity (Wildman–Crippen MR) is 87.3 cm³/mol. The molecule has 23 heavy (non-hydrogen) atoms. The van der Waals surface area contributed by atoms with E-state index in [1.807, 2.05) is 4.90 Å². The Morgan fingerprint density at radius 2 is 2.26 bits per heavy atom. The largest absolute Gasteiger partial charge is 0.383 e. The van der Waals surface area contributed by atoms with Crippen molar-refractivity contribution in [1.82, 2.24) is 15.2 Å². The summed E-state index contributed by atoms with van der Waals surface area (Å²) in [6.07, 6.45) is 4.33. The third kappa shape index (κ3) is 3.26. The second-order valence-corrected chi connectivity index (χ2v) is 7.18. The summed E-state index contributed by atoms with van der Waals surface area (Å²) < 4.78 is 4.99. The fourth-order valence-corrected chi connectivity index (χ4v) is 4.48. The van der Waals surface area contributed by atoms with E-state index in [-0.39, 0.29) is 23.1 Å². The SMILES string of the molecule is COCCNC(=O)C1CN(C(=O)c2cscn2)CC12CCCC2. The van der Waals surface area contributed by atoms with Crippen molar-refractivity contribution in [3.63, 3.8) is 0 Å². The zero-order chi connectivity index (χ0) is 16.3. The highest BCUT2D eigenvalue weighted by Gasteiger charge is 2.52. The Morgan fingerprint density at radius 1 is 1.48 bits per heavy atom. The zero-order valence-electron chi connectivity index (χ0n) is 13.4. The van der Waals surface area contributed by atoms with Gasteiger partial charge in [0.1, 0.15) is 5.69 Å². The van der Waals surface area contributed by atoms with E-state index in [4.69, 9.17) is 4.74 Å². The standard InChI is InChI=1S/C16H23N3O3S/c1-22-7-6-17-14(20)12-8-19(10-16(12)4-2-3-5-16)15(21)13-9-23-11-18-13/h9,11-12H,2-8,10H2,1H3,(H,17,20). The van der Waals surface area contributed by atoms with Gasteiger partial charge in [-0.3, -0.25) is 9.59 Å². The average molecular weight is 337 g/mol. The third-order valence-electron chi connectivity index (χ3n) is 5.11. The molecule has 1 aliphatic heterocycles. The fourth-order valence-electron chi connectivity index (χ4n) is 3.95. The van der Waals surface area contributed by atoms with Crippen molar-refractivity contribution in [1.29, 1.82) is 0 Å².